The Labute approximate surface area is 169 Å². The zero-order valence-corrected chi connectivity index (χ0v) is 16.0. The first-order valence-electron chi connectivity index (χ1n) is 9.78. The molecule has 0 spiro atoms. The molecule has 1 aromatic heterocycles. The molecule has 1 fully saturated rings. The van der Waals surface area contributed by atoms with Gasteiger partial charge in [-0.1, -0.05) is 0 Å². The van der Waals surface area contributed by atoms with Crippen LogP contribution in [0.4, 0.5) is 4.39 Å². The summed E-state index contributed by atoms with van der Waals surface area (Å²) >= 11 is 0. The minimum absolute atomic E-state index is 0.0394. The molecule has 0 saturated carbocycles. The third kappa shape index (κ3) is 4.84. The number of amides is 1. The second kappa shape index (κ2) is 8.92. The predicted octanol–water partition coefficient (Wildman–Crippen LogP) is 4.78. The first-order chi connectivity index (χ1) is 14.2. The maximum Gasteiger partial charge on any atom is 0.251 e. The van der Waals surface area contributed by atoms with Gasteiger partial charge in [-0.25, -0.2) is 4.39 Å². The van der Waals surface area contributed by atoms with Crippen molar-refractivity contribution in [1.82, 2.24) is 10.2 Å². The number of hydrogen-bond donors (Lipinski definition) is 1. The SMILES string of the molecule is O=C(NCC(c1ccco1)N1CCCC1)c1ccc(Oc2ccc(F)cc2)cc1. The lowest BCUT2D eigenvalue weighted by atomic mass is 10.1. The number of nitrogens with one attached hydrogen (secondary N) is 1. The van der Waals surface area contributed by atoms with Crippen LogP contribution in [0.1, 0.15) is 35.0 Å². The summed E-state index contributed by atoms with van der Waals surface area (Å²) in [4.78, 5) is 14.9. The number of hydrogen-bond acceptors (Lipinski definition) is 4. The van der Waals surface area contributed by atoms with Crippen molar-refractivity contribution in [3.8, 4) is 11.5 Å². The quantitative estimate of drug-likeness (QED) is 0.627. The van der Waals surface area contributed by atoms with Crippen LogP contribution >= 0.6 is 0 Å². The predicted molar refractivity (Wildman–Crippen MR) is 108 cm³/mol. The van der Waals surface area contributed by atoms with Crippen molar-refractivity contribution in [2.45, 2.75) is 18.9 Å². The molecule has 5 nitrogen and oxygen atoms in total. The van der Waals surface area contributed by atoms with Crippen LogP contribution in [-0.4, -0.2) is 30.4 Å². The largest absolute Gasteiger partial charge is 0.468 e. The maximum absolute atomic E-state index is 13.0. The third-order valence-corrected chi connectivity index (χ3v) is 5.07. The van der Waals surface area contributed by atoms with Gasteiger partial charge in [-0.3, -0.25) is 9.69 Å². The first-order valence-corrected chi connectivity index (χ1v) is 9.78. The summed E-state index contributed by atoms with van der Waals surface area (Å²) in [6.45, 7) is 2.51. The van der Waals surface area contributed by atoms with Crippen LogP contribution in [0.3, 0.4) is 0 Å². The summed E-state index contributed by atoms with van der Waals surface area (Å²) in [5.41, 5.74) is 0.552. The van der Waals surface area contributed by atoms with Crippen LogP contribution in [0.5, 0.6) is 11.5 Å². The van der Waals surface area contributed by atoms with Gasteiger partial charge >= 0.3 is 0 Å². The van der Waals surface area contributed by atoms with Crippen molar-refractivity contribution in [3.05, 3.63) is 84.1 Å². The normalized spacial score (nSPS) is 15.2. The minimum atomic E-state index is -0.314. The topological polar surface area (TPSA) is 54.7 Å². The van der Waals surface area contributed by atoms with E-state index in [0.29, 0.717) is 23.6 Å². The van der Waals surface area contributed by atoms with Gasteiger partial charge in [-0.2, -0.15) is 0 Å². The summed E-state index contributed by atoms with van der Waals surface area (Å²) in [6.07, 6.45) is 4.00. The van der Waals surface area contributed by atoms with Crippen molar-refractivity contribution in [1.29, 1.82) is 0 Å². The van der Waals surface area contributed by atoms with Crippen LogP contribution in [-0.2, 0) is 0 Å². The minimum Gasteiger partial charge on any atom is -0.468 e. The van der Waals surface area contributed by atoms with E-state index in [0.717, 1.165) is 18.8 Å². The molecule has 3 aromatic rings. The number of halogens is 1. The summed E-state index contributed by atoms with van der Waals surface area (Å²) in [5, 5.41) is 3.02. The van der Waals surface area contributed by atoms with Gasteiger partial charge in [0.25, 0.3) is 5.91 Å². The molecule has 1 atom stereocenters. The van der Waals surface area contributed by atoms with Gasteiger partial charge in [0.1, 0.15) is 23.1 Å². The molecule has 1 saturated heterocycles. The molecule has 0 bridgehead atoms. The number of carbonyl (C=O) groups is 1. The Kier molecular flexibility index (Phi) is 5.91. The number of furan rings is 1. The van der Waals surface area contributed by atoms with Gasteiger partial charge in [0.15, 0.2) is 0 Å². The van der Waals surface area contributed by atoms with E-state index in [-0.39, 0.29) is 17.8 Å². The first kappa shape index (κ1) is 19.2. The summed E-state index contributed by atoms with van der Waals surface area (Å²) in [6, 6.07) is 16.5. The Morgan fingerprint density at radius 2 is 1.69 bits per heavy atom. The highest BCUT2D eigenvalue weighted by molar-refractivity contribution is 5.94. The summed E-state index contributed by atoms with van der Waals surface area (Å²) in [7, 11) is 0. The zero-order chi connectivity index (χ0) is 20.1. The number of ether oxygens (including phenoxy) is 1. The Balaban J connectivity index is 1.36. The molecule has 4 rings (SSSR count). The van der Waals surface area contributed by atoms with Gasteiger partial charge < -0.3 is 14.5 Å². The van der Waals surface area contributed by atoms with Gasteiger partial charge in [0.2, 0.25) is 0 Å². The van der Waals surface area contributed by atoms with Gasteiger partial charge in [-0.15, -0.1) is 0 Å². The smallest absolute Gasteiger partial charge is 0.251 e. The number of carbonyl (C=O) groups excluding carboxylic acids is 1. The third-order valence-electron chi connectivity index (χ3n) is 5.07. The number of nitrogens with zero attached hydrogens (tertiary/aromatic N) is 1. The highest BCUT2D eigenvalue weighted by atomic mass is 19.1. The van der Waals surface area contributed by atoms with Crippen molar-refractivity contribution in [2.75, 3.05) is 19.6 Å². The Hall–Kier alpha value is -3.12. The molecular formula is C23H23FN2O3. The lowest BCUT2D eigenvalue weighted by molar-refractivity contribution is 0.0933. The van der Waals surface area contributed by atoms with Crippen molar-refractivity contribution in [3.63, 3.8) is 0 Å². The van der Waals surface area contributed by atoms with Crippen LogP contribution in [0.15, 0.2) is 71.3 Å². The molecule has 1 unspecified atom stereocenters. The summed E-state index contributed by atoms with van der Waals surface area (Å²) < 4.78 is 24.2. The molecule has 2 aromatic carbocycles. The fraction of sp³-hybridized carbons (Fsp3) is 0.261. The molecule has 1 amide bonds. The molecule has 1 aliphatic heterocycles. The van der Waals surface area contributed by atoms with E-state index in [4.69, 9.17) is 9.15 Å². The average Bonchev–Trinajstić information content (AvgIpc) is 3.45. The molecule has 2 heterocycles. The van der Waals surface area contributed by atoms with E-state index < -0.39 is 0 Å². The fourth-order valence-electron chi connectivity index (χ4n) is 3.55. The number of likely N-dealkylation sites (tertiary alicyclic amines) is 1. The maximum atomic E-state index is 13.0. The highest BCUT2D eigenvalue weighted by Gasteiger charge is 2.26. The fourth-order valence-corrected chi connectivity index (χ4v) is 3.55. The standard InChI is InChI=1S/C23H23FN2O3/c24-18-7-11-20(12-8-18)29-19-9-5-17(6-10-19)23(27)25-16-21(22-4-3-15-28-22)26-13-1-2-14-26/h3-12,15,21H,1-2,13-14,16H2,(H,25,27). The molecule has 0 aliphatic carbocycles. The Morgan fingerprint density at radius 3 is 2.31 bits per heavy atom. The lowest BCUT2D eigenvalue weighted by Gasteiger charge is -2.26. The van der Waals surface area contributed by atoms with Crippen LogP contribution in [0, 0.1) is 5.82 Å². The monoisotopic (exact) mass is 394 g/mol. The van der Waals surface area contributed by atoms with Gasteiger partial charge in [0, 0.05) is 12.1 Å². The molecule has 29 heavy (non-hydrogen) atoms. The van der Waals surface area contributed by atoms with Crippen LogP contribution in [0.2, 0.25) is 0 Å². The molecule has 0 radical (unpaired) electrons. The van der Waals surface area contributed by atoms with Gasteiger partial charge in [-0.05, 0) is 86.6 Å². The molecular weight excluding hydrogens is 371 g/mol. The van der Waals surface area contributed by atoms with E-state index in [1.54, 1.807) is 42.7 Å². The summed E-state index contributed by atoms with van der Waals surface area (Å²) in [5.74, 6) is 1.53. The Morgan fingerprint density at radius 1 is 1.03 bits per heavy atom. The van der Waals surface area contributed by atoms with Crippen molar-refractivity contribution >= 4 is 5.91 Å². The number of benzene rings is 2. The second-order valence-electron chi connectivity index (χ2n) is 7.06. The van der Waals surface area contributed by atoms with E-state index in [9.17, 15) is 9.18 Å². The molecule has 6 heteroatoms. The van der Waals surface area contributed by atoms with Gasteiger partial charge in [0.05, 0.1) is 12.3 Å². The second-order valence-corrected chi connectivity index (χ2v) is 7.06. The zero-order valence-electron chi connectivity index (χ0n) is 16.0. The average molecular weight is 394 g/mol. The van der Waals surface area contributed by atoms with E-state index >= 15 is 0 Å². The van der Waals surface area contributed by atoms with Crippen LogP contribution in [0.25, 0.3) is 0 Å². The Bertz CT molecular complexity index is 918. The van der Waals surface area contributed by atoms with E-state index in [1.165, 1.54) is 25.0 Å². The molecule has 150 valence electrons. The van der Waals surface area contributed by atoms with E-state index in [1.807, 2.05) is 12.1 Å². The lowest BCUT2D eigenvalue weighted by Crippen LogP contribution is -2.36. The van der Waals surface area contributed by atoms with Crippen LogP contribution < -0.4 is 10.1 Å². The number of rotatable bonds is 7. The van der Waals surface area contributed by atoms with Crippen molar-refractivity contribution < 1.29 is 18.3 Å². The van der Waals surface area contributed by atoms with E-state index in [2.05, 4.69) is 10.2 Å². The highest BCUT2D eigenvalue weighted by Crippen LogP contribution is 2.25. The van der Waals surface area contributed by atoms with Crippen molar-refractivity contribution in [2.24, 2.45) is 0 Å². The molecule has 1 aliphatic rings. The molecule has 1 N–H and O–H groups in total.